The first-order chi connectivity index (χ1) is 14.6. The molecule has 0 saturated heterocycles. The fraction of sp³-hybridized carbons (Fsp3) is 0.476. The van der Waals surface area contributed by atoms with Gasteiger partial charge in [-0.15, -0.1) is 0 Å². The highest BCUT2D eigenvalue weighted by atomic mass is 32.2. The Hall–Kier alpha value is -2.90. The molecule has 1 heterocycles. The van der Waals surface area contributed by atoms with E-state index in [4.69, 9.17) is 5.26 Å². The van der Waals surface area contributed by atoms with Gasteiger partial charge in [0, 0.05) is 25.2 Å². The summed E-state index contributed by atoms with van der Waals surface area (Å²) in [6.45, 7) is 8.39. The van der Waals surface area contributed by atoms with E-state index < -0.39 is 10.0 Å². The van der Waals surface area contributed by atoms with Crippen molar-refractivity contribution < 1.29 is 18.3 Å². The van der Waals surface area contributed by atoms with Crippen LogP contribution in [0.1, 0.15) is 43.6 Å². The first kappa shape index (κ1) is 24.4. The number of phenolic OH excluding ortho intramolecular Hbond substituents is 1. The van der Waals surface area contributed by atoms with Gasteiger partial charge >= 0.3 is 0 Å². The van der Waals surface area contributed by atoms with Crippen LogP contribution >= 0.6 is 0 Å². The standard InChI is InChI=1S/C21H29N5O4S/c1-5-25(6-2)31(29,30)17-8-10-20(27)19(14-17)23-21(28)11-9-18-15(3)24-26(16(18)4)13-7-12-22/h8,10,14,27H,5-7,9,11,13H2,1-4H3,(H,23,28). The zero-order valence-electron chi connectivity index (χ0n) is 18.3. The molecule has 0 aliphatic heterocycles. The summed E-state index contributed by atoms with van der Waals surface area (Å²) >= 11 is 0. The molecule has 2 aromatic rings. The molecule has 0 unspecified atom stereocenters. The fourth-order valence-electron chi connectivity index (χ4n) is 3.41. The van der Waals surface area contributed by atoms with E-state index in [1.54, 1.807) is 18.5 Å². The van der Waals surface area contributed by atoms with E-state index in [-0.39, 0.29) is 28.7 Å². The van der Waals surface area contributed by atoms with Gasteiger partial charge in [-0.1, -0.05) is 13.8 Å². The summed E-state index contributed by atoms with van der Waals surface area (Å²) in [7, 11) is -3.71. The minimum atomic E-state index is -3.71. The Kier molecular flexibility index (Phi) is 8.19. The van der Waals surface area contributed by atoms with Crippen LogP contribution < -0.4 is 5.32 Å². The lowest BCUT2D eigenvalue weighted by Gasteiger charge is -2.19. The van der Waals surface area contributed by atoms with Crippen molar-refractivity contribution in [2.75, 3.05) is 18.4 Å². The summed E-state index contributed by atoms with van der Waals surface area (Å²) in [4.78, 5) is 12.5. The second-order valence-corrected chi connectivity index (χ2v) is 9.04. The lowest BCUT2D eigenvalue weighted by Crippen LogP contribution is -2.30. The van der Waals surface area contributed by atoms with Gasteiger partial charge in [-0.25, -0.2) is 8.42 Å². The molecule has 1 aromatic carbocycles. The summed E-state index contributed by atoms with van der Waals surface area (Å²) in [6, 6.07) is 5.95. The van der Waals surface area contributed by atoms with Gasteiger partial charge < -0.3 is 10.4 Å². The molecule has 2 N–H and O–H groups in total. The molecule has 168 valence electrons. The smallest absolute Gasteiger partial charge is 0.243 e. The van der Waals surface area contributed by atoms with Crippen molar-refractivity contribution in [3.05, 3.63) is 35.2 Å². The predicted molar refractivity (Wildman–Crippen MR) is 117 cm³/mol. The van der Waals surface area contributed by atoms with E-state index in [0.29, 0.717) is 32.5 Å². The van der Waals surface area contributed by atoms with E-state index in [2.05, 4.69) is 16.5 Å². The van der Waals surface area contributed by atoms with E-state index in [9.17, 15) is 18.3 Å². The molecule has 1 aromatic heterocycles. The van der Waals surface area contributed by atoms with E-state index in [1.807, 2.05) is 13.8 Å². The summed E-state index contributed by atoms with van der Waals surface area (Å²) < 4.78 is 28.5. The quantitative estimate of drug-likeness (QED) is 0.539. The second-order valence-electron chi connectivity index (χ2n) is 7.10. The Labute approximate surface area is 183 Å². The van der Waals surface area contributed by atoms with Crippen LogP contribution in [-0.4, -0.2) is 46.6 Å². The van der Waals surface area contributed by atoms with Crippen molar-refractivity contribution in [3.63, 3.8) is 0 Å². The van der Waals surface area contributed by atoms with Crippen LogP contribution in [0.5, 0.6) is 5.75 Å². The zero-order valence-corrected chi connectivity index (χ0v) is 19.2. The molecule has 0 aliphatic rings. The SMILES string of the molecule is CCN(CC)S(=O)(=O)c1ccc(O)c(NC(=O)CCc2c(C)nn(CCC#N)c2C)c1. The van der Waals surface area contributed by atoms with Gasteiger partial charge in [0.2, 0.25) is 15.9 Å². The van der Waals surface area contributed by atoms with Gasteiger partial charge in [0.1, 0.15) is 5.75 Å². The fourth-order valence-corrected chi connectivity index (χ4v) is 4.89. The van der Waals surface area contributed by atoms with Crippen molar-refractivity contribution in [3.8, 4) is 11.8 Å². The number of nitriles is 1. The minimum Gasteiger partial charge on any atom is -0.506 e. The number of benzene rings is 1. The van der Waals surface area contributed by atoms with Crippen LogP contribution in [-0.2, 0) is 27.8 Å². The highest BCUT2D eigenvalue weighted by molar-refractivity contribution is 7.89. The third-order valence-electron chi connectivity index (χ3n) is 5.15. The number of aryl methyl sites for hydroxylation is 2. The number of hydrogen-bond donors (Lipinski definition) is 2. The van der Waals surface area contributed by atoms with Gasteiger partial charge in [-0.05, 0) is 44.0 Å². The molecule has 0 spiro atoms. The lowest BCUT2D eigenvalue weighted by atomic mass is 10.1. The van der Waals surface area contributed by atoms with Gasteiger partial charge in [-0.3, -0.25) is 9.48 Å². The van der Waals surface area contributed by atoms with Crippen molar-refractivity contribution in [2.45, 2.75) is 58.4 Å². The number of rotatable bonds is 10. The molecule has 0 saturated carbocycles. The summed E-state index contributed by atoms with van der Waals surface area (Å²) in [5.74, 6) is -0.556. The van der Waals surface area contributed by atoms with Crippen LogP contribution in [0.25, 0.3) is 0 Å². The highest BCUT2D eigenvalue weighted by Gasteiger charge is 2.23. The zero-order chi connectivity index (χ0) is 23.2. The maximum atomic E-state index is 12.7. The summed E-state index contributed by atoms with van der Waals surface area (Å²) in [5.41, 5.74) is 2.71. The number of amides is 1. The maximum Gasteiger partial charge on any atom is 0.243 e. The monoisotopic (exact) mass is 447 g/mol. The first-order valence-electron chi connectivity index (χ1n) is 10.2. The second kappa shape index (κ2) is 10.4. The number of carbonyl (C=O) groups is 1. The Bertz CT molecular complexity index is 1080. The third-order valence-corrected chi connectivity index (χ3v) is 7.20. The number of sulfonamides is 1. The maximum absolute atomic E-state index is 12.7. The van der Waals surface area contributed by atoms with Gasteiger partial charge in [-0.2, -0.15) is 14.7 Å². The van der Waals surface area contributed by atoms with Crippen molar-refractivity contribution >= 4 is 21.6 Å². The number of anilines is 1. The molecular formula is C21H29N5O4S. The topological polar surface area (TPSA) is 128 Å². The van der Waals surface area contributed by atoms with Crippen molar-refractivity contribution in [1.82, 2.24) is 14.1 Å². The molecule has 0 fully saturated rings. The number of aromatic nitrogens is 2. The summed E-state index contributed by atoms with van der Waals surface area (Å²) in [6.07, 6.45) is 0.931. The van der Waals surface area contributed by atoms with E-state index in [1.165, 1.54) is 22.5 Å². The molecule has 0 radical (unpaired) electrons. The average Bonchev–Trinajstić information content (AvgIpc) is 2.99. The van der Waals surface area contributed by atoms with Crippen molar-refractivity contribution in [1.29, 1.82) is 5.26 Å². The molecule has 9 nitrogen and oxygen atoms in total. The van der Waals surface area contributed by atoms with Gasteiger partial charge in [0.15, 0.2) is 0 Å². The molecule has 2 rings (SSSR count). The van der Waals surface area contributed by atoms with Gasteiger partial charge in [0.05, 0.1) is 35.3 Å². The largest absolute Gasteiger partial charge is 0.506 e. The minimum absolute atomic E-state index is 0.00904. The predicted octanol–water partition coefficient (Wildman–Crippen LogP) is 2.72. The van der Waals surface area contributed by atoms with Crippen LogP contribution in [0.3, 0.4) is 0 Å². The summed E-state index contributed by atoms with van der Waals surface area (Å²) in [5, 5.41) is 25.9. The Morgan fingerprint density at radius 3 is 2.58 bits per heavy atom. The Balaban J connectivity index is 2.13. The first-order valence-corrected chi connectivity index (χ1v) is 11.6. The molecule has 1 amide bonds. The number of carbonyl (C=O) groups excluding carboxylic acids is 1. The molecule has 31 heavy (non-hydrogen) atoms. The number of phenols is 1. The Morgan fingerprint density at radius 2 is 1.97 bits per heavy atom. The molecule has 0 aliphatic carbocycles. The lowest BCUT2D eigenvalue weighted by molar-refractivity contribution is -0.116. The van der Waals surface area contributed by atoms with Crippen LogP contribution in [0.4, 0.5) is 5.69 Å². The molecule has 0 atom stereocenters. The number of nitrogens with one attached hydrogen (secondary N) is 1. The van der Waals surface area contributed by atoms with E-state index >= 15 is 0 Å². The molecule has 0 bridgehead atoms. The highest BCUT2D eigenvalue weighted by Crippen LogP contribution is 2.28. The number of nitrogens with zero attached hydrogens (tertiary/aromatic N) is 4. The number of aromatic hydroxyl groups is 1. The number of hydrogen-bond acceptors (Lipinski definition) is 6. The Morgan fingerprint density at radius 1 is 1.29 bits per heavy atom. The molecule has 10 heteroatoms. The normalized spacial score (nSPS) is 11.5. The average molecular weight is 448 g/mol. The van der Waals surface area contributed by atoms with Crippen LogP contribution in [0.15, 0.2) is 23.1 Å². The van der Waals surface area contributed by atoms with Crippen LogP contribution in [0, 0.1) is 25.2 Å². The van der Waals surface area contributed by atoms with Crippen LogP contribution in [0.2, 0.25) is 0 Å². The van der Waals surface area contributed by atoms with Crippen molar-refractivity contribution in [2.24, 2.45) is 0 Å². The van der Waals surface area contributed by atoms with Gasteiger partial charge in [0.25, 0.3) is 0 Å². The van der Waals surface area contributed by atoms with E-state index in [0.717, 1.165) is 17.0 Å². The molecular weight excluding hydrogens is 418 g/mol. The third kappa shape index (κ3) is 5.62.